The van der Waals surface area contributed by atoms with Gasteiger partial charge in [0.1, 0.15) is 0 Å². The molecule has 0 spiro atoms. The van der Waals surface area contributed by atoms with Gasteiger partial charge in [-0.2, -0.15) is 0 Å². The molecule has 0 amide bonds. The molecule has 76 valence electrons. The lowest BCUT2D eigenvalue weighted by molar-refractivity contribution is 0.0899. The third-order valence-electron chi connectivity index (χ3n) is 2.82. The van der Waals surface area contributed by atoms with Gasteiger partial charge in [0.2, 0.25) is 0 Å². The Kier molecular flexibility index (Phi) is 3.45. The zero-order valence-electron chi connectivity index (χ0n) is 9.37. The highest BCUT2D eigenvalue weighted by atomic mass is 16.1. The van der Waals surface area contributed by atoms with E-state index in [9.17, 15) is 4.79 Å². The molecule has 1 atom stereocenters. The Morgan fingerprint density at radius 1 is 1.14 bits per heavy atom. The smallest absolute Gasteiger partial charge is 0.166 e. The molecule has 0 N–H and O–H groups in total. The minimum atomic E-state index is 0.107. The van der Waals surface area contributed by atoms with Gasteiger partial charge in [-0.15, -0.1) is 0 Å². The quantitative estimate of drug-likeness (QED) is 0.667. The van der Waals surface area contributed by atoms with Crippen molar-refractivity contribution in [3.63, 3.8) is 0 Å². The third kappa shape index (κ3) is 2.22. The van der Waals surface area contributed by atoms with Crippen LogP contribution < -0.4 is 0 Å². The van der Waals surface area contributed by atoms with Crippen molar-refractivity contribution in [1.82, 2.24) is 0 Å². The van der Waals surface area contributed by atoms with E-state index < -0.39 is 0 Å². The van der Waals surface area contributed by atoms with Crippen LogP contribution in [-0.4, -0.2) is 5.78 Å². The third-order valence-corrected chi connectivity index (χ3v) is 2.82. The molecule has 0 saturated carbocycles. The van der Waals surface area contributed by atoms with Crippen LogP contribution in [0.5, 0.6) is 0 Å². The van der Waals surface area contributed by atoms with E-state index in [4.69, 9.17) is 0 Å². The van der Waals surface area contributed by atoms with Gasteiger partial charge in [-0.3, -0.25) is 4.79 Å². The second-order valence-corrected chi connectivity index (χ2v) is 4.21. The zero-order valence-corrected chi connectivity index (χ0v) is 9.37. The number of rotatable bonds is 3. The molecule has 1 rings (SSSR count). The summed E-state index contributed by atoms with van der Waals surface area (Å²) in [5.41, 5.74) is 1.94. The van der Waals surface area contributed by atoms with E-state index in [2.05, 4.69) is 13.8 Å². The molecule has 0 aliphatic rings. The van der Waals surface area contributed by atoms with Gasteiger partial charge in [-0.25, -0.2) is 0 Å². The lowest BCUT2D eigenvalue weighted by Crippen LogP contribution is -2.17. The van der Waals surface area contributed by atoms with Crippen molar-refractivity contribution in [1.29, 1.82) is 0 Å². The van der Waals surface area contributed by atoms with Crippen molar-refractivity contribution in [3.05, 3.63) is 35.4 Å². The molecular formula is C13H18O. The van der Waals surface area contributed by atoms with Crippen LogP contribution in [0, 0.1) is 18.8 Å². The van der Waals surface area contributed by atoms with Gasteiger partial charge < -0.3 is 0 Å². The van der Waals surface area contributed by atoms with Crippen LogP contribution in [0.4, 0.5) is 0 Å². The summed E-state index contributed by atoms with van der Waals surface area (Å²) in [6.07, 6.45) is 0. The van der Waals surface area contributed by atoms with E-state index in [0.717, 1.165) is 11.1 Å². The van der Waals surface area contributed by atoms with Gasteiger partial charge >= 0.3 is 0 Å². The first-order valence-electron chi connectivity index (χ1n) is 5.14. The molecule has 0 bridgehead atoms. The van der Waals surface area contributed by atoms with E-state index in [-0.39, 0.29) is 11.7 Å². The largest absolute Gasteiger partial charge is 0.294 e. The topological polar surface area (TPSA) is 17.1 Å². The molecule has 14 heavy (non-hydrogen) atoms. The number of hydrogen-bond donors (Lipinski definition) is 0. The molecular weight excluding hydrogens is 172 g/mol. The van der Waals surface area contributed by atoms with Crippen molar-refractivity contribution in [2.45, 2.75) is 27.7 Å². The standard InChI is InChI=1S/C13H18O/c1-9(2)11(4)13(14)12-8-6-5-7-10(12)3/h5-9,11H,1-4H3. The number of ketones is 1. The van der Waals surface area contributed by atoms with Crippen LogP contribution >= 0.6 is 0 Å². The minimum Gasteiger partial charge on any atom is -0.294 e. The minimum absolute atomic E-state index is 0.107. The average molecular weight is 190 g/mol. The Hall–Kier alpha value is -1.11. The van der Waals surface area contributed by atoms with Crippen molar-refractivity contribution in [3.8, 4) is 0 Å². The fraction of sp³-hybridized carbons (Fsp3) is 0.462. The molecule has 0 saturated heterocycles. The van der Waals surface area contributed by atoms with E-state index in [1.54, 1.807) is 0 Å². The van der Waals surface area contributed by atoms with Gasteiger partial charge in [-0.05, 0) is 18.4 Å². The lowest BCUT2D eigenvalue weighted by Gasteiger charge is -2.15. The molecule has 0 fully saturated rings. The van der Waals surface area contributed by atoms with Crippen LogP contribution in [0.2, 0.25) is 0 Å². The average Bonchev–Trinajstić information content (AvgIpc) is 2.16. The van der Waals surface area contributed by atoms with E-state index in [1.165, 1.54) is 0 Å². The summed E-state index contributed by atoms with van der Waals surface area (Å²) in [5, 5.41) is 0. The highest BCUT2D eigenvalue weighted by molar-refractivity contribution is 5.99. The molecule has 0 heterocycles. The summed E-state index contributed by atoms with van der Waals surface area (Å²) in [6, 6.07) is 7.79. The molecule has 0 radical (unpaired) electrons. The monoisotopic (exact) mass is 190 g/mol. The number of carbonyl (C=O) groups excluding carboxylic acids is 1. The first-order chi connectivity index (χ1) is 6.54. The van der Waals surface area contributed by atoms with Crippen LogP contribution in [0.1, 0.15) is 36.7 Å². The van der Waals surface area contributed by atoms with E-state index in [0.29, 0.717) is 5.92 Å². The van der Waals surface area contributed by atoms with E-state index >= 15 is 0 Å². The molecule has 1 heteroatoms. The van der Waals surface area contributed by atoms with Crippen molar-refractivity contribution in [2.24, 2.45) is 11.8 Å². The zero-order chi connectivity index (χ0) is 10.7. The van der Waals surface area contributed by atoms with Gasteiger partial charge in [0.25, 0.3) is 0 Å². The first-order valence-corrected chi connectivity index (χ1v) is 5.14. The number of benzene rings is 1. The molecule has 1 aromatic rings. The number of aryl methyl sites for hydroxylation is 1. The summed E-state index contributed by atoms with van der Waals surface area (Å²) in [4.78, 5) is 12.0. The highest BCUT2D eigenvalue weighted by Crippen LogP contribution is 2.18. The van der Waals surface area contributed by atoms with E-state index in [1.807, 2.05) is 38.1 Å². The van der Waals surface area contributed by atoms with Crippen LogP contribution in [-0.2, 0) is 0 Å². The Labute approximate surface area is 86.1 Å². The number of carbonyl (C=O) groups is 1. The maximum Gasteiger partial charge on any atom is 0.166 e. The number of hydrogen-bond acceptors (Lipinski definition) is 1. The maximum atomic E-state index is 12.0. The fourth-order valence-electron chi connectivity index (χ4n) is 1.40. The number of Topliss-reactive ketones (excluding diaryl/α,β-unsaturated/α-hetero) is 1. The van der Waals surface area contributed by atoms with Crippen LogP contribution in [0.25, 0.3) is 0 Å². The second kappa shape index (κ2) is 4.41. The predicted molar refractivity (Wildman–Crippen MR) is 59.5 cm³/mol. The molecule has 1 aromatic carbocycles. The Morgan fingerprint density at radius 2 is 1.71 bits per heavy atom. The van der Waals surface area contributed by atoms with Crippen molar-refractivity contribution in [2.75, 3.05) is 0 Å². The van der Waals surface area contributed by atoms with Gasteiger partial charge in [0, 0.05) is 11.5 Å². The summed E-state index contributed by atoms with van der Waals surface area (Å²) in [5.74, 6) is 0.774. The van der Waals surface area contributed by atoms with Gasteiger partial charge in [0.15, 0.2) is 5.78 Å². The molecule has 1 nitrogen and oxygen atoms in total. The Balaban J connectivity index is 2.95. The summed E-state index contributed by atoms with van der Waals surface area (Å²) in [6.45, 7) is 8.15. The maximum absolute atomic E-state index is 12.0. The van der Waals surface area contributed by atoms with Crippen LogP contribution in [0.15, 0.2) is 24.3 Å². The fourth-order valence-corrected chi connectivity index (χ4v) is 1.40. The Bertz CT molecular complexity index is 326. The molecule has 1 unspecified atom stereocenters. The summed E-state index contributed by atoms with van der Waals surface area (Å²) in [7, 11) is 0. The normalized spacial score (nSPS) is 12.9. The van der Waals surface area contributed by atoms with Crippen LogP contribution in [0.3, 0.4) is 0 Å². The summed E-state index contributed by atoms with van der Waals surface area (Å²) >= 11 is 0. The van der Waals surface area contributed by atoms with Gasteiger partial charge in [0.05, 0.1) is 0 Å². The highest BCUT2D eigenvalue weighted by Gasteiger charge is 2.19. The van der Waals surface area contributed by atoms with Crippen molar-refractivity contribution >= 4 is 5.78 Å². The first kappa shape index (κ1) is 11.0. The second-order valence-electron chi connectivity index (χ2n) is 4.21. The van der Waals surface area contributed by atoms with Gasteiger partial charge in [-0.1, -0.05) is 45.0 Å². The SMILES string of the molecule is Cc1ccccc1C(=O)C(C)C(C)C. The predicted octanol–water partition coefficient (Wildman–Crippen LogP) is 3.47. The summed E-state index contributed by atoms with van der Waals surface area (Å²) < 4.78 is 0. The molecule has 0 aliphatic heterocycles. The molecule has 0 aliphatic carbocycles. The Morgan fingerprint density at radius 3 is 2.21 bits per heavy atom. The molecule has 0 aromatic heterocycles. The lowest BCUT2D eigenvalue weighted by atomic mass is 9.88. The van der Waals surface area contributed by atoms with Crippen molar-refractivity contribution < 1.29 is 4.79 Å².